The molecule has 0 radical (unpaired) electrons. The van der Waals surface area contributed by atoms with Crippen LogP contribution >= 0.6 is 0 Å². The van der Waals surface area contributed by atoms with Crippen molar-refractivity contribution in [2.75, 3.05) is 5.32 Å². The van der Waals surface area contributed by atoms with Crippen LogP contribution in [0.2, 0.25) is 0 Å². The van der Waals surface area contributed by atoms with Crippen LogP contribution in [0, 0.1) is 27.7 Å². The van der Waals surface area contributed by atoms with E-state index in [-0.39, 0.29) is 5.91 Å². The number of amides is 1. The van der Waals surface area contributed by atoms with Gasteiger partial charge in [0.15, 0.2) is 6.10 Å². The molecule has 1 amide bonds. The zero-order valence-electron chi connectivity index (χ0n) is 14.6. The summed E-state index contributed by atoms with van der Waals surface area (Å²) in [5.41, 5.74) is 5.27. The Balaban J connectivity index is 2.13. The van der Waals surface area contributed by atoms with Crippen molar-refractivity contribution in [3.05, 3.63) is 58.7 Å². The average molecular weight is 311 g/mol. The van der Waals surface area contributed by atoms with Gasteiger partial charge in [-0.15, -0.1) is 0 Å². The number of anilines is 1. The third-order valence-electron chi connectivity index (χ3n) is 3.79. The summed E-state index contributed by atoms with van der Waals surface area (Å²) in [6.45, 7) is 10.0. The van der Waals surface area contributed by atoms with Crippen LogP contribution in [-0.4, -0.2) is 12.0 Å². The van der Waals surface area contributed by atoms with Crippen LogP contribution in [0.1, 0.15) is 35.6 Å². The van der Waals surface area contributed by atoms with Gasteiger partial charge < -0.3 is 10.1 Å². The van der Waals surface area contributed by atoms with E-state index in [9.17, 15) is 4.79 Å². The van der Waals surface area contributed by atoms with Gasteiger partial charge >= 0.3 is 0 Å². The lowest BCUT2D eigenvalue weighted by Gasteiger charge is -2.19. The van der Waals surface area contributed by atoms with Crippen LogP contribution in [0.3, 0.4) is 0 Å². The number of hydrogen-bond donors (Lipinski definition) is 1. The van der Waals surface area contributed by atoms with Crippen LogP contribution in [0.15, 0.2) is 36.4 Å². The highest BCUT2D eigenvalue weighted by Gasteiger charge is 2.19. The predicted octanol–water partition coefficient (Wildman–Crippen LogP) is 4.72. The molecule has 3 heteroatoms. The number of aryl methyl sites for hydroxylation is 4. The molecule has 0 bridgehead atoms. The minimum Gasteiger partial charge on any atom is -0.481 e. The smallest absolute Gasteiger partial charge is 0.265 e. The maximum Gasteiger partial charge on any atom is 0.265 e. The molecule has 0 aliphatic carbocycles. The van der Waals surface area contributed by atoms with Gasteiger partial charge in [-0.2, -0.15) is 0 Å². The SMILES string of the molecule is CC[C@H](Oc1cc(C)cc(C)c1)C(=O)Nc1cc(C)ccc1C. The minimum atomic E-state index is -0.504. The molecule has 0 saturated carbocycles. The third kappa shape index (κ3) is 4.59. The monoisotopic (exact) mass is 311 g/mol. The van der Waals surface area contributed by atoms with E-state index in [2.05, 4.69) is 11.4 Å². The van der Waals surface area contributed by atoms with Gasteiger partial charge in [-0.1, -0.05) is 25.1 Å². The lowest BCUT2D eigenvalue weighted by atomic mass is 10.1. The Morgan fingerprint density at radius 3 is 2.26 bits per heavy atom. The van der Waals surface area contributed by atoms with Gasteiger partial charge in [0.05, 0.1) is 0 Å². The average Bonchev–Trinajstić information content (AvgIpc) is 2.47. The zero-order valence-corrected chi connectivity index (χ0v) is 14.6. The molecular formula is C20H25NO2. The van der Waals surface area contributed by atoms with Crippen LogP contribution in [0.5, 0.6) is 5.75 Å². The van der Waals surface area contributed by atoms with E-state index in [1.54, 1.807) is 0 Å². The molecule has 1 N–H and O–H groups in total. The first-order valence-electron chi connectivity index (χ1n) is 8.02. The van der Waals surface area contributed by atoms with Crippen molar-refractivity contribution in [3.8, 4) is 5.75 Å². The van der Waals surface area contributed by atoms with Crippen LogP contribution in [0.25, 0.3) is 0 Å². The molecule has 2 rings (SSSR count). The van der Waals surface area contributed by atoms with Crippen molar-refractivity contribution < 1.29 is 9.53 Å². The quantitative estimate of drug-likeness (QED) is 0.868. The second-order valence-corrected chi connectivity index (χ2v) is 6.15. The van der Waals surface area contributed by atoms with Crippen molar-refractivity contribution >= 4 is 11.6 Å². The fourth-order valence-corrected chi connectivity index (χ4v) is 2.57. The van der Waals surface area contributed by atoms with E-state index in [0.29, 0.717) is 6.42 Å². The summed E-state index contributed by atoms with van der Waals surface area (Å²) in [6.07, 6.45) is 0.111. The van der Waals surface area contributed by atoms with E-state index >= 15 is 0 Å². The van der Waals surface area contributed by atoms with Crippen molar-refractivity contribution in [1.29, 1.82) is 0 Å². The van der Waals surface area contributed by atoms with Gasteiger partial charge in [0.2, 0.25) is 0 Å². The Kier molecular flexibility index (Phi) is 5.43. The Hall–Kier alpha value is -2.29. The molecule has 2 aromatic rings. The minimum absolute atomic E-state index is 0.111. The molecule has 0 aliphatic rings. The second kappa shape index (κ2) is 7.32. The number of hydrogen-bond acceptors (Lipinski definition) is 2. The van der Waals surface area contributed by atoms with Crippen molar-refractivity contribution in [2.45, 2.75) is 47.1 Å². The van der Waals surface area contributed by atoms with Crippen molar-refractivity contribution in [2.24, 2.45) is 0 Å². The largest absolute Gasteiger partial charge is 0.481 e. The molecule has 0 fully saturated rings. The summed E-state index contributed by atoms with van der Waals surface area (Å²) in [7, 11) is 0. The van der Waals surface area contributed by atoms with Crippen LogP contribution < -0.4 is 10.1 Å². The molecule has 3 nitrogen and oxygen atoms in total. The van der Waals surface area contributed by atoms with Gasteiger partial charge in [0, 0.05) is 5.69 Å². The highest BCUT2D eigenvalue weighted by molar-refractivity contribution is 5.95. The molecule has 0 unspecified atom stereocenters. The summed E-state index contributed by atoms with van der Waals surface area (Å²) in [5, 5.41) is 2.99. The first-order valence-corrected chi connectivity index (χ1v) is 8.02. The normalized spacial score (nSPS) is 11.9. The summed E-state index contributed by atoms with van der Waals surface area (Å²) in [4.78, 5) is 12.5. The summed E-state index contributed by atoms with van der Waals surface area (Å²) >= 11 is 0. The summed E-state index contributed by atoms with van der Waals surface area (Å²) < 4.78 is 5.92. The van der Waals surface area contributed by atoms with Gasteiger partial charge in [-0.3, -0.25) is 4.79 Å². The molecule has 0 aliphatic heterocycles. The molecular weight excluding hydrogens is 286 g/mol. The number of carbonyl (C=O) groups excluding carboxylic acids is 1. The van der Waals surface area contributed by atoms with Gasteiger partial charge in [0.1, 0.15) is 5.75 Å². The number of rotatable bonds is 5. The Morgan fingerprint density at radius 1 is 1.00 bits per heavy atom. The Labute approximate surface area is 138 Å². The van der Waals surface area contributed by atoms with Crippen molar-refractivity contribution in [1.82, 2.24) is 0 Å². The number of benzene rings is 2. The van der Waals surface area contributed by atoms with E-state index < -0.39 is 6.10 Å². The number of ether oxygens (including phenoxy) is 1. The molecule has 0 heterocycles. The van der Waals surface area contributed by atoms with E-state index in [1.807, 2.05) is 65.0 Å². The van der Waals surface area contributed by atoms with E-state index in [4.69, 9.17) is 4.74 Å². The standard InChI is InChI=1S/C20H25NO2/c1-6-19(23-17-10-14(3)9-15(4)11-17)20(22)21-18-12-13(2)7-8-16(18)5/h7-12,19H,6H2,1-5H3,(H,21,22)/t19-/m0/s1. The highest BCUT2D eigenvalue weighted by Crippen LogP contribution is 2.21. The maximum absolute atomic E-state index is 12.5. The summed E-state index contributed by atoms with van der Waals surface area (Å²) in [5.74, 6) is 0.630. The first kappa shape index (κ1) is 17.1. The lowest BCUT2D eigenvalue weighted by Crippen LogP contribution is -2.32. The molecule has 0 saturated heterocycles. The Bertz CT molecular complexity index is 687. The number of carbonyl (C=O) groups is 1. The molecule has 2 aromatic carbocycles. The number of nitrogens with one attached hydrogen (secondary N) is 1. The maximum atomic E-state index is 12.5. The molecule has 0 spiro atoms. The molecule has 23 heavy (non-hydrogen) atoms. The van der Waals surface area contributed by atoms with Gasteiger partial charge in [-0.25, -0.2) is 0 Å². The van der Waals surface area contributed by atoms with Crippen molar-refractivity contribution in [3.63, 3.8) is 0 Å². The fraction of sp³-hybridized carbons (Fsp3) is 0.350. The second-order valence-electron chi connectivity index (χ2n) is 6.15. The molecule has 0 aromatic heterocycles. The fourth-order valence-electron chi connectivity index (χ4n) is 2.57. The molecule has 1 atom stereocenters. The van der Waals surface area contributed by atoms with Crippen LogP contribution in [-0.2, 0) is 4.79 Å². The highest BCUT2D eigenvalue weighted by atomic mass is 16.5. The van der Waals surface area contributed by atoms with E-state index in [0.717, 1.165) is 33.7 Å². The topological polar surface area (TPSA) is 38.3 Å². The third-order valence-corrected chi connectivity index (χ3v) is 3.79. The van der Waals surface area contributed by atoms with Gasteiger partial charge in [-0.05, 0) is 74.6 Å². The van der Waals surface area contributed by atoms with E-state index in [1.165, 1.54) is 0 Å². The predicted molar refractivity (Wildman–Crippen MR) is 95.2 cm³/mol. The first-order chi connectivity index (χ1) is 10.9. The lowest BCUT2D eigenvalue weighted by molar-refractivity contribution is -0.122. The Morgan fingerprint density at radius 2 is 1.65 bits per heavy atom. The van der Waals surface area contributed by atoms with Crippen LogP contribution in [0.4, 0.5) is 5.69 Å². The van der Waals surface area contributed by atoms with Gasteiger partial charge in [0.25, 0.3) is 5.91 Å². The molecule has 122 valence electrons. The summed E-state index contributed by atoms with van der Waals surface area (Å²) in [6, 6.07) is 12.0. The zero-order chi connectivity index (χ0) is 17.0.